The van der Waals surface area contributed by atoms with Crippen LogP contribution in [-0.4, -0.2) is 42.9 Å². The summed E-state index contributed by atoms with van der Waals surface area (Å²) in [4.78, 5) is 1.60. The van der Waals surface area contributed by atoms with Crippen molar-refractivity contribution in [1.29, 1.82) is 0 Å². The van der Waals surface area contributed by atoms with Crippen molar-refractivity contribution in [3.8, 4) is 5.75 Å². The van der Waals surface area contributed by atoms with Crippen molar-refractivity contribution in [3.63, 3.8) is 0 Å². The number of hydrogen-bond donors (Lipinski definition) is 1. The first kappa shape index (κ1) is 16.1. The minimum absolute atomic E-state index is 0.107. The first-order valence-electron chi connectivity index (χ1n) is 6.93. The number of rotatable bonds is 4. The maximum absolute atomic E-state index is 12.3. The molecular weight excluding hydrogens is 283 g/mol. The minimum atomic E-state index is -4.17. The van der Waals surface area contributed by atoms with E-state index in [-0.39, 0.29) is 12.6 Å². The van der Waals surface area contributed by atoms with Crippen LogP contribution < -0.4 is 4.74 Å². The number of aliphatic hydroxyl groups excluding tert-OH is 1. The Morgan fingerprint density at radius 3 is 2.71 bits per heavy atom. The summed E-state index contributed by atoms with van der Waals surface area (Å²) >= 11 is 0. The smallest absolute Gasteiger partial charge is 0.390 e. The lowest BCUT2D eigenvalue weighted by Gasteiger charge is -2.36. The van der Waals surface area contributed by atoms with Gasteiger partial charge >= 0.3 is 6.18 Å². The number of alkyl halides is 3. The fourth-order valence-electron chi connectivity index (χ4n) is 2.80. The molecule has 0 radical (unpaired) electrons. The molecule has 2 atom stereocenters. The lowest BCUT2D eigenvalue weighted by molar-refractivity contribution is -0.139. The van der Waals surface area contributed by atoms with Gasteiger partial charge in [0.05, 0.1) is 19.6 Å². The number of likely N-dealkylation sites (N-methyl/N-ethyl adjacent to an activating group) is 1. The van der Waals surface area contributed by atoms with Crippen molar-refractivity contribution in [1.82, 2.24) is 4.90 Å². The number of aliphatic hydroxyl groups is 1. The molecule has 0 aromatic heterocycles. The Morgan fingerprint density at radius 2 is 2.10 bits per heavy atom. The summed E-state index contributed by atoms with van der Waals surface area (Å²) in [5, 5.41) is 10.5. The van der Waals surface area contributed by atoms with Crippen LogP contribution in [0.3, 0.4) is 0 Å². The van der Waals surface area contributed by atoms with Gasteiger partial charge < -0.3 is 14.7 Å². The average molecular weight is 303 g/mol. The summed E-state index contributed by atoms with van der Waals surface area (Å²) in [6.07, 6.45) is -4.43. The zero-order valence-electron chi connectivity index (χ0n) is 12.2. The Labute approximate surface area is 122 Å². The monoisotopic (exact) mass is 303 g/mol. The lowest BCUT2D eigenvalue weighted by atomic mass is 9.85. The van der Waals surface area contributed by atoms with Gasteiger partial charge in [-0.25, -0.2) is 0 Å². The first-order valence-corrected chi connectivity index (χ1v) is 6.93. The van der Waals surface area contributed by atoms with E-state index in [0.29, 0.717) is 12.2 Å². The van der Waals surface area contributed by atoms with Crippen LogP contribution in [0, 0.1) is 0 Å². The molecule has 0 spiro atoms. The largest absolute Gasteiger partial charge is 0.497 e. The van der Waals surface area contributed by atoms with Crippen molar-refractivity contribution in [2.24, 2.45) is 0 Å². The third kappa shape index (κ3) is 3.89. The Morgan fingerprint density at radius 1 is 1.38 bits per heavy atom. The molecule has 1 N–H and O–H groups in total. The van der Waals surface area contributed by atoms with E-state index in [1.54, 1.807) is 25.1 Å². The molecule has 1 aromatic carbocycles. The van der Waals surface area contributed by atoms with Gasteiger partial charge in [-0.1, -0.05) is 6.07 Å². The first-order chi connectivity index (χ1) is 9.81. The Hall–Kier alpha value is -1.27. The predicted octanol–water partition coefficient (Wildman–Crippen LogP) is 2.93. The molecule has 3 nitrogen and oxygen atoms in total. The van der Waals surface area contributed by atoms with E-state index in [9.17, 15) is 18.3 Å². The normalized spacial score (nSPS) is 22.2. The number of ether oxygens (including phenoxy) is 1. The molecule has 1 aliphatic carbocycles. The van der Waals surface area contributed by atoms with E-state index in [1.165, 1.54) is 0 Å². The zero-order chi connectivity index (χ0) is 15.6. The number of benzene rings is 1. The highest BCUT2D eigenvalue weighted by molar-refractivity contribution is 5.39. The number of fused-ring (bicyclic) bond motifs is 1. The Bertz CT molecular complexity index is 490. The van der Waals surface area contributed by atoms with Gasteiger partial charge in [0.25, 0.3) is 0 Å². The second kappa shape index (κ2) is 6.23. The van der Waals surface area contributed by atoms with Crippen LogP contribution in [0.1, 0.15) is 30.1 Å². The molecule has 0 amide bonds. The van der Waals surface area contributed by atoms with Crippen molar-refractivity contribution in [2.75, 3.05) is 20.7 Å². The van der Waals surface area contributed by atoms with Gasteiger partial charge in [0.2, 0.25) is 0 Å². The van der Waals surface area contributed by atoms with E-state index in [4.69, 9.17) is 4.74 Å². The van der Waals surface area contributed by atoms with E-state index >= 15 is 0 Å². The minimum Gasteiger partial charge on any atom is -0.497 e. The summed E-state index contributed by atoms with van der Waals surface area (Å²) in [5.74, 6) is 0.645. The van der Waals surface area contributed by atoms with Crippen LogP contribution in [-0.2, 0) is 6.42 Å². The molecule has 0 heterocycles. The van der Waals surface area contributed by atoms with Crippen LogP contribution in [0.4, 0.5) is 13.2 Å². The summed E-state index contributed by atoms with van der Waals surface area (Å²) in [6.45, 7) is -0.107. The number of halogens is 3. The zero-order valence-corrected chi connectivity index (χ0v) is 12.2. The van der Waals surface area contributed by atoms with Gasteiger partial charge in [0.1, 0.15) is 5.75 Å². The summed E-state index contributed by atoms with van der Waals surface area (Å²) in [7, 11) is 3.18. The molecule has 0 fully saturated rings. The second-order valence-corrected chi connectivity index (χ2v) is 5.46. The Balaban J connectivity index is 2.10. The predicted molar refractivity (Wildman–Crippen MR) is 73.4 cm³/mol. The highest BCUT2D eigenvalue weighted by Crippen LogP contribution is 2.35. The summed E-state index contributed by atoms with van der Waals surface area (Å²) in [5.41, 5.74) is 1.79. The lowest BCUT2D eigenvalue weighted by Crippen LogP contribution is -2.41. The van der Waals surface area contributed by atoms with Crippen molar-refractivity contribution < 1.29 is 23.0 Å². The fourth-order valence-corrected chi connectivity index (χ4v) is 2.80. The number of methoxy groups -OCH3 is 1. The van der Waals surface area contributed by atoms with Gasteiger partial charge in [-0.2, -0.15) is 13.2 Å². The van der Waals surface area contributed by atoms with Crippen molar-refractivity contribution >= 4 is 0 Å². The third-order valence-corrected chi connectivity index (χ3v) is 4.06. The highest BCUT2D eigenvalue weighted by Gasteiger charge is 2.33. The van der Waals surface area contributed by atoms with Crippen LogP contribution in [0.25, 0.3) is 0 Å². The average Bonchev–Trinajstić information content (AvgIpc) is 2.44. The van der Waals surface area contributed by atoms with Crippen molar-refractivity contribution in [2.45, 2.75) is 37.6 Å². The molecule has 0 saturated carbocycles. The molecule has 0 aliphatic heterocycles. The highest BCUT2D eigenvalue weighted by atomic mass is 19.4. The molecule has 0 bridgehead atoms. The van der Waals surface area contributed by atoms with Crippen molar-refractivity contribution in [3.05, 3.63) is 29.3 Å². The topological polar surface area (TPSA) is 32.7 Å². The van der Waals surface area contributed by atoms with Crippen LogP contribution >= 0.6 is 0 Å². The van der Waals surface area contributed by atoms with Gasteiger partial charge in [-0.15, -0.1) is 0 Å². The van der Waals surface area contributed by atoms with Gasteiger partial charge in [-0.05, 0) is 43.1 Å². The molecule has 21 heavy (non-hydrogen) atoms. The molecule has 6 heteroatoms. The van der Waals surface area contributed by atoms with Gasteiger partial charge in [0, 0.05) is 12.6 Å². The molecule has 2 unspecified atom stereocenters. The number of aryl methyl sites for hydroxylation is 1. The molecular formula is C15H20F3NO2. The SMILES string of the molecule is COc1ccc2c(c1)C(O)C(N(C)CCC(F)(F)F)CC2. The summed E-state index contributed by atoms with van der Waals surface area (Å²) < 4.78 is 42.1. The van der Waals surface area contributed by atoms with Crippen LogP contribution in [0.15, 0.2) is 18.2 Å². The molecule has 118 valence electrons. The standard InChI is InChI=1S/C15H20F3NO2/c1-19(8-7-15(16,17)18)13-6-4-10-3-5-11(21-2)9-12(10)14(13)20/h3,5,9,13-14,20H,4,6-8H2,1-2H3. The maximum atomic E-state index is 12.3. The van der Waals surface area contributed by atoms with E-state index in [0.717, 1.165) is 17.5 Å². The quantitative estimate of drug-likeness (QED) is 0.928. The molecule has 0 saturated heterocycles. The Kier molecular flexibility index (Phi) is 4.78. The number of hydrogen-bond acceptors (Lipinski definition) is 3. The molecule has 2 rings (SSSR count). The summed E-state index contributed by atoms with van der Waals surface area (Å²) in [6, 6.07) is 5.21. The number of nitrogens with zero attached hydrogens (tertiary/aromatic N) is 1. The van der Waals surface area contributed by atoms with E-state index in [2.05, 4.69) is 0 Å². The van der Waals surface area contributed by atoms with Gasteiger partial charge in [0.15, 0.2) is 0 Å². The van der Waals surface area contributed by atoms with E-state index < -0.39 is 18.7 Å². The van der Waals surface area contributed by atoms with Gasteiger partial charge in [-0.3, -0.25) is 0 Å². The fraction of sp³-hybridized carbons (Fsp3) is 0.600. The van der Waals surface area contributed by atoms with Crippen LogP contribution in [0.5, 0.6) is 5.75 Å². The molecule has 1 aromatic rings. The maximum Gasteiger partial charge on any atom is 0.390 e. The molecule has 1 aliphatic rings. The van der Waals surface area contributed by atoms with E-state index in [1.807, 2.05) is 12.1 Å². The third-order valence-electron chi connectivity index (χ3n) is 4.06. The second-order valence-electron chi connectivity index (χ2n) is 5.46. The van der Waals surface area contributed by atoms with Crippen LogP contribution in [0.2, 0.25) is 0 Å².